The second-order valence-electron chi connectivity index (χ2n) is 5.91. The molecular formula is C19H16FN3O2. The number of para-hydroxylation sites is 1. The Hall–Kier alpha value is -3.15. The number of aromatic nitrogens is 1. The maximum Gasteiger partial charge on any atom is 0.322 e. The van der Waals surface area contributed by atoms with E-state index in [0.717, 1.165) is 22.5 Å². The molecule has 126 valence electrons. The largest absolute Gasteiger partial charge is 0.356 e. The van der Waals surface area contributed by atoms with Crippen LogP contribution in [0.1, 0.15) is 11.3 Å². The summed E-state index contributed by atoms with van der Waals surface area (Å²) in [6.45, 7) is 0.958. The minimum Gasteiger partial charge on any atom is -0.356 e. The van der Waals surface area contributed by atoms with E-state index in [-0.39, 0.29) is 11.8 Å². The number of rotatable bonds is 2. The molecule has 1 aliphatic heterocycles. The summed E-state index contributed by atoms with van der Waals surface area (Å²) in [4.78, 5) is 14.1. The molecule has 1 N–H and O–H groups in total. The Bertz CT molecular complexity index is 891. The van der Waals surface area contributed by atoms with Crippen molar-refractivity contribution in [2.45, 2.75) is 13.0 Å². The second kappa shape index (κ2) is 6.39. The molecule has 0 atom stereocenters. The lowest BCUT2D eigenvalue weighted by atomic mass is 10.0. The summed E-state index contributed by atoms with van der Waals surface area (Å²) in [6.07, 6.45) is 0.647. The first kappa shape index (κ1) is 15.4. The summed E-state index contributed by atoms with van der Waals surface area (Å²) < 4.78 is 18.5. The smallest absolute Gasteiger partial charge is 0.322 e. The Balaban J connectivity index is 1.51. The van der Waals surface area contributed by atoms with Gasteiger partial charge < -0.3 is 14.7 Å². The molecule has 6 heteroatoms. The summed E-state index contributed by atoms with van der Waals surface area (Å²) >= 11 is 0. The van der Waals surface area contributed by atoms with E-state index in [9.17, 15) is 9.18 Å². The topological polar surface area (TPSA) is 58.4 Å². The van der Waals surface area contributed by atoms with E-state index in [1.807, 2.05) is 30.3 Å². The molecular weight excluding hydrogens is 321 g/mol. The van der Waals surface area contributed by atoms with Crippen LogP contribution in [0.25, 0.3) is 11.3 Å². The Morgan fingerprint density at radius 1 is 1.12 bits per heavy atom. The van der Waals surface area contributed by atoms with E-state index >= 15 is 0 Å². The molecule has 0 bridgehead atoms. The highest BCUT2D eigenvalue weighted by Gasteiger charge is 2.27. The van der Waals surface area contributed by atoms with Crippen LogP contribution < -0.4 is 5.32 Å². The minimum atomic E-state index is -0.291. The van der Waals surface area contributed by atoms with Gasteiger partial charge in [-0.2, -0.15) is 0 Å². The molecule has 0 saturated heterocycles. The van der Waals surface area contributed by atoms with Crippen molar-refractivity contribution in [1.82, 2.24) is 10.1 Å². The third-order valence-corrected chi connectivity index (χ3v) is 4.26. The van der Waals surface area contributed by atoms with Crippen molar-refractivity contribution in [3.05, 3.63) is 71.7 Å². The van der Waals surface area contributed by atoms with Gasteiger partial charge in [0.05, 0.1) is 6.54 Å². The zero-order chi connectivity index (χ0) is 17.2. The van der Waals surface area contributed by atoms with Crippen LogP contribution in [-0.2, 0) is 13.0 Å². The number of nitrogens with zero attached hydrogens (tertiary/aromatic N) is 2. The number of fused-ring (bicyclic) bond motifs is 1. The molecule has 1 aromatic heterocycles. The van der Waals surface area contributed by atoms with Gasteiger partial charge in [-0.1, -0.05) is 23.4 Å². The SMILES string of the molecule is O=C(Nc1ccccc1)N1CCc2c(noc2-c2ccc(F)cc2)C1. The van der Waals surface area contributed by atoms with Crippen molar-refractivity contribution >= 4 is 11.7 Å². The maximum atomic E-state index is 13.1. The van der Waals surface area contributed by atoms with E-state index in [1.54, 1.807) is 17.0 Å². The van der Waals surface area contributed by atoms with Crippen molar-refractivity contribution in [2.24, 2.45) is 0 Å². The number of carbonyl (C=O) groups is 1. The highest BCUT2D eigenvalue weighted by Crippen LogP contribution is 2.30. The number of anilines is 1. The van der Waals surface area contributed by atoms with Crippen molar-refractivity contribution in [1.29, 1.82) is 0 Å². The summed E-state index contributed by atoms with van der Waals surface area (Å²) in [5.74, 6) is 0.360. The van der Waals surface area contributed by atoms with Gasteiger partial charge in [0.1, 0.15) is 11.5 Å². The number of benzene rings is 2. The fourth-order valence-electron chi connectivity index (χ4n) is 2.96. The van der Waals surface area contributed by atoms with Gasteiger partial charge in [0, 0.05) is 23.4 Å². The van der Waals surface area contributed by atoms with Gasteiger partial charge in [-0.3, -0.25) is 0 Å². The Labute approximate surface area is 144 Å². The predicted octanol–water partition coefficient (Wildman–Crippen LogP) is 4.07. The number of nitrogens with one attached hydrogen (secondary N) is 1. The van der Waals surface area contributed by atoms with Crippen molar-refractivity contribution in [3.8, 4) is 11.3 Å². The van der Waals surface area contributed by atoms with Crippen molar-refractivity contribution < 1.29 is 13.7 Å². The van der Waals surface area contributed by atoms with Gasteiger partial charge >= 0.3 is 6.03 Å². The number of amides is 2. The summed E-state index contributed by atoms with van der Waals surface area (Å²) in [6, 6.07) is 15.3. The van der Waals surface area contributed by atoms with E-state index in [1.165, 1.54) is 12.1 Å². The molecule has 0 fully saturated rings. The predicted molar refractivity (Wildman–Crippen MR) is 91.5 cm³/mol. The second-order valence-corrected chi connectivity index (χ2v) is 5.91. The number of urea groups is 1. The van der Waals surface area contributed by atoms with E-state index in [2.05, 4.69) is 10.5 Å². The molecule has 0 unspecified atom stereocenters. The first-order chi connectivity index (χ1) is 12.2. The Kier molecular flexibility index (Phi) is 3.93. The molecule has 2 heterocycles. The summed E-state index contributed by atoms with van der Waals surface area (Å²) in [5, 5.41) is 6.98. The fourth-order valence-corrected chi connectivity index (χ4v) is 2.96. The number of hydrogen-bond donors (Lipinski definition) is 1. The lowest BCUT2D eigenvalue weighted by Gasteiger charge is -2.26. The van der Waals surface area contributed by atoms with Gasteiger partial charge in [0.15, 0.2) is 5.76 Å². The maximum absolute atomic E-state index is 13.1. The molecule has 1 aliphatic rings. The average molecular weight is 337 g/mol. The Morgan fingerprint density at radius 2 is 1.88 bits per heavy atom. The van der Waals surface area contributed by atoms with Gasteiger partial charge in [-0.05, 0) is 42.8 Å². The van der Waals surface area contributed by atoms with Crippen LogP contribution in [0.4, 0.5) is 14.9 Å². The lowest BCUT2D eigenvalue weighted by Crippen LogP contribution is -2.38. The monoisotopic (exact) mass is 337 g/mol. The van der Waals surface area contributed by atoms with Crippen LogP contribution in [0, 0.1) is 5.82 Å². The highest BCUT2D eigenvalue weighted by atomic mass is 19.1. The van der Waals surface area contributed by atoms with Crippen molar-refractivity contribution in [2.75, 3.05) is 11.9 Å². The molecule has 2 amide bonds. The molecule has 4 rings (SSSR count). The molecule has 0 aliphatic carbocycles. The van der Waals surface area contributed by atoms with Crippen LogP contribution in [0.15, 0.2) is 59.1 Å². The molecule has 0 saturated carbocycles. The van der Waals surface area contributed by atoms with Crippen molar-refractivity contribution in [3.63, 3.8) is 0 Å². The summed E-state index contributed by atoms with van der Waals surface area (Å²) in [7, 11) is 0. The summed E-state index contributed by atoms with van der Waals surface area (Å²) in [5.41, 5.74) is 3.27. The van der Waals surface area contributed by atoms with Gasteiger partial charge in [-0.15, -0.1) is 0 Å². The van der Waals surface area contributed by atoms with Crippen LogP contribution in [0.3, 0.4) is 0 Å². The molecule has 0 spiro atoms. The van der Waals surface area contributed by atoms with Gasteiger partial charge in [0.2, 0.25) is 0 Å². The first-order valence-electron chi connectivity index (χ1n) is 8.05. The van der Waals surface area contributed by atoms with Crippen LogP contribution >= 0.6 is 0 Å². The zero-order valence-electron chi connectivity index (χ0n) is 13.4. The molecule has 5 nitrogen and oxygen atoms in total. The van der Waals surface area contributed by atoms with E-state index < -0.39 is 0 Å². The zero-order valence-corrected chi connectivity index (χ0v) is 13.4. The fraction of sp³-hybridized carbons (Fsp3) is 0.158. The molecule has 2 aromatic carbocycles. The normalized spacial score (nSPS) is 13.4. The third-order valence-electron chi connectivity index (χ3n) is 4.26. The molecule has 3 aromatic rings. The molecule has 25 heavy (non-hydrogen) atoms. The Morgan fingerprint density at radius 3 is 2.64 bits per heavy atom. The standard InChI is InChI=1S/C19H16FN3O2/c20-14-8-6-13(7-9-14)18-16-10-11-23(12-17(16)22-25-18)19(24)21-15-4-2-1-3-5-15/h1-9H,10-12H2,(H,21,24). The molecule has 0 radical (unpaired) electrons. The average Bonchev–Trinajstić information content (AvgIpc) is 3.06. The van der Waals surface area contributed by atoms with Crippen LogP contribution in [0.2, 0.25) is 0 Å². The van der Waals surface area contributed by atoms with E-state index in [4.69, 9.17) is 4.52 Å². The minimum absolute atomic E-state index is 0.164. The number of carbonyl (C=O) groups excluding carboxylic acids is 1. The highest BCUT2D eigenvalue weighted by molar-refractivity contribution is 5.89. The number of halogens is 1. The van der Waals surface area contributed by atoms with E-state index in [0.29, 0.717) is 25.3 Å². The first-order valence-corrected chi connectivity index (χ1v) is 8.05. The third kappa shape index (κ3) is 3.10. The quantitative estimate of drug-likeness (QED) is 0.767. The van der Waals surface area contributed by atoms with Gasteiger partial charge in [-0.25, -0.2) is 9.18 Å². The van der Waals surface area contributed by atoms with Gasteiger partial charge in [0.25, 0.3) is 0 Å². The number of hydrogen-bond acceptors (Lipinski definition) is 3. The van der Waals surface area contributed by atoms with Crippen LogP contribution in [0.5, 0.6) is 0 Å². The van der Waals surface area contributed by atoms with Crippen LogP contribution in [-0.4, -0.2) is 22.6 Å². The lowest BCUT2D eigenvalue weighted by molar-refractivity contribution is 0.205.